The van der Waals surface area contributed by atoms with Crippen LogP contribution in [0.15, 0.2) is 212 Å². The van der Waals surface area contributed by atoms with Crippen LogP contribution < -0.4 is 4.90 Å². The predicted molar refractivity (Wildman–Crippen MR) is 241 cm³/mol. The number of nitrogens with zero attached hydrogens (tertiary/aromatic N) is 1. The standard InChI is InChI=1S/C55H43NO/c1-5-17-39(7-3)40-27-31-44(32-28-40)56(45-33-29-41(30-34-45)48-25-16-24-47-38(4)53(18-6-2)57-54(47)48)46-35-36-52-50(37-46)49-23-14-15-26-51(49)55(52,42-19-10-8-11-20-42)43-21-12-9-13-22-43/h5-37H,1,3H2,2,4H3/b18-6-,39-17+. The Labute approximate surface area is 335 Å². The van der Waals surface area contributed by atoms with Crippen molar-refractivity contribution in [2.24, 2.45) is 0 Å². The Bertz CT molecular complexity index is 2780. The van der Waals surface area contributed by atoms with E-state index in [1.165, 1.54) is 33.4 Å². The molecule has 0 fully saturated rings. The topological polar surface area (TPSA) is 16.4 Å². The minimum absolute atomic E-state index is 0.461. The predicted octanol–water partition coefficient (Wildman–Crippen LogP) is 15.0. The van der Waals surface area contributed by atoms with Crippen LogP contribution >= 0.6 is 0 Å². The van der Waals surface area contributed by atoms with Gasteiger partial charge in [0, 0.05) is 33.6 Å². The molecule has 2 nitrogen and oxygen atoms in total. The summed E-state index contributed by atoms with van der Waals surface area (Å²) in [5.74, 6) is 0.899. The number of allylic oxidation sites excluding steroid dienone is 5. The van der Waals surface area contributed by atoms with E-state index in [4.69, 9.17) is 4.42 Å². The summed E-state index contributed by atoms with van der Waals surface area (Å²) < 4.78 is 6.44. The Balaban J connectivity index is 1.22. The van der Waals surface area contributed by atoms with Crippen LogP contribution in [0.25, 0.3) is 44.9 Å². The summed E-state index contributed by atoms with van der Waals surface area (Å²) in [4.78, 5) is 2.36. The molecule has 2 heteroatoms. The van der Waals surface area contributed by atoms with Gasteiger partial charge in [0.15, 0.2) is 0 Å². The van der Waals surface area contributed by atoms with Crippen LogP contribution in [0.5, 0.6) is 0 Å². The summed E-state index contributed by atoms with van der Waals surface area (Å²) >= 11 is 0. The minimum Gasteiger partial charge on any atom is -0.456 e. The van der Waals surface area contributed by atoms with Gasteiger partial charge in [-0.05, 0) is 106 Å². The largest absolute Gasteiger partial charge is 0.456 e. The van der Waals surface area contributed by atoms with Crippen molar-refractivity contribution in [2.45, 2.75) is 19.3 Å². The van der Waals surface area contributed by atoms with Crippen LogP contribution in [-0.2, 0) is 5.41 Å². The molecule has 1 aliphatic carbocycles. The number of aryl methyl sites for hydroxylation is 1. The highest BCUT2D eigenvalue weighted by Gasteiger charge is 2.46. The lowest BCUT2D eigenvalue weighted by atomic mass is 9.68. The molecule has 0 saturated carbocycles. The summed E-state index contributed by atoms with van der Waals surface area (Å²) in [6.07, 6.45) is 9.73. The molecule has 1 aromatic heterocycles. The third kappa shape index (κ3) is 5.89. The van der Waals surface area contributed by atoms with Crippen LogP contribution in [0.3, 0.4) is 0 Å². The number of rotatable bonds is 10. The molecular formula is C55H43NO. The van der Waals surface area contributed by atoms with Gasteiger partial charge in [-0.1, -0.05) is 171 Å². The second-order valence-corrected chi connectivity index (χ2v) is 14.5. The lowest BCUT2D eigenvalue weighted by Gasteiger charge is -2.34. The normalized spacial score (nSPS) is 13.1. The maximum Gasteiger partial charge on any atom is 0.142 e. The lowest BCUT2D eigenvalue weighted by Crippen LogP contribution is -2.28. The molecule has 274 valence electrons. The number of hydrogen-bond donors (Lipinski definition) is 0. The minimum atomic E-state index is -0.461. The highest BCUT2D eigenvalue weighted by molar-refractivity contribution is 5.97. The Morgan fingerprint density at radius 1 is 0.596 bits per heavy atom. The van der Waals surface area contributed by atoms with Gasteiger partial charge in [-0.15, -0.1) is 0 Å². The first kappa shape index (κ1) is 35.5. The average molecular weight is 734 g/mol. The number of benzene rings is 7. The molecule has 1 heterocycles. The Kier molecular flexibility index (Phi) is 9.24. The van der Waals surface area contributed by atoms with Gasteiger partial charge in [-0.2, -0.15) is 0 Å². The molecule has 0 aliphatic heterocycles. The van der Waals surface area contributed by atoms with Crippen LogP contribution in [0.2, 0.25) is 0 Å². The fourth-order valence-corrected chi connectivity index (χ4v) is 8.82. The van der Waals surface area contributed by atoms with Gasteiger partial charge in [-0.25, -0.2) is 0 Å². The highest BCUT2D eigenvalue weighted by Crippen LogP contribution is 2.57. The summed E-state index contributed by atoms with van der Waals surface area (Å²) in [5, 5.41) is 1.14. The van der Waals surface area contributed by atoms with Crippen LogP contribution in [0, 0.1) is 6.92 Å². The first-order valence-electron chi connectivity index (χ1n) is 19.5. The van der Waals surface area contributed by atoms with E-state index in [-0.39, 0.29) is 0 Å². The van der Waals surface area contributed by atoms with Gasteiger partial charge in [0.05, 0.1) is 5.41 Å². The number of furan rings is 1. The van der Waals surface area contributed by atoms with Gasteiger partial charge in [-0.3, -0.25) is 0 Å². The van der Waals surface area contributed by atoms with Gasteiger partial charge >= 0.3 is 0 Å². The fourth-order valence-electron chi connectivity index (χ4n) is 8.82. The van der Waals surface area contributed by atoms with E-state index in [0.29, 0.717) is 0 Å². The van der Waals surface area contributed by atoms with E-state index in [1.54, 1.807) is 6.08 Å². The maximum atomic E-state index is 6.44. The molecule has 0 N–H and O–H groups in total. The van der Waals surface area contributed by atoms with Crippen molar-refractivity contribution < 1.29 is 4.42 Å². The highest BCUT2D eigenvalue weighted by atomic mass is 16.3. The number of para-hydroxylation sites is 1. The van der Waals surface area contributed by atoms with Gasteiger partial charge in [0.2, 0.25) is 0 Å². The fraction of sp³-hybridized carbons (Fsp3) is 0.0545. The van der Waals surface area contributed by atoms with Crippen molar-refractivity contribution in [3.8, 4) is 22.3 Å². The van der Waals surface area contributed by atoms with E-state index < -0.39 is 5.41 Å². The molecule has 57 heavy (non-hydrogen) atoms. The van der Waals surface area contributed by atoms with Crippen LogP contribution in [-0.4, -0.2) is 0 Å². The number of anilines is 3. The van der Waals surface area contributed by atoms with Crippen LogP contribution in [0.4, 0.5) is 17.1 Å². The Morgan fingerprint density at radius 3 is 1.84 bits per heavy atom. The van der Waals surface area contributed by atoms with E-state index in [1.807, 2.05) is 31.2 Å². The molecule has 0 bridgehead atoms. The zero-order valence-corrected chi connectivity index (χ0v) is 32.3. The van der Waals surface area contributed by atoms with E-state index in [9.17, 15) is 0 Å². The lowest BCUT2D eigenvalue weighted by molar-refractivity contribution is 0.602. The molecule has 1 aliphatic rings. The smallest absolute Gasteiger partial charge is 0.142 e. The van der Waals surface area contributed by atoms with E-state index in [2.05, 4.69) is 195 Å². The zero-order chi connectivity index (χ0) is 38.9. The molecule has 0 radical (unpaired) electrons. The van der Waals surface area contributed by atoms with Crippen molar-refractivity contribution in [3.05, 3.63) is 246 Å². The Morgan fingerprint density at radius 2 is 1.19 bits per heavy atom. The third-order valence-electron chi connectivity index (χ3n) is 11.4. The van der Waals surface area contributed by atoms with Gasteiger partial charge < -0.3 is 9.32 Å². The molecule has 7 aromatic carbocycles. The summed E-state index contributed by atoms with van der Waals surface area (Å²) in [5.41, 5.74) is 16.6. The van der Waals surface area contributed by atoms with Crippen molar-refractivity contribution in [1.29, 1.82) is 0 Å². The molecule has 0 saturated heterocycles. The molecule has 9 rings (SSSR count). The van der Waals surface area contributed by atoms with Crippen LogP contribution in [0.1, 0.15) is 46.1 Å². The first-order valence-corrected chi connectivity index (χ1v) is 19.5. The molecular weight excluding hydrogens is 691 g/mol. The quantitative estimate of drug-likeness (QED) is 0.130. The molecule has 0 atom stereocenters. The van der Waals surface area contributed by atoms with E-state index >= 15 is 0 Å². The zero-order valence-electron chi connectivity index (χ0n) is 32.3. The third-order valence-corrected chi connectivity index (χ3v) is 11.4. The number of fused-ring (bicyclic) bond motifs is 4. The summed E-state index contributed by atoms with van der Waals surface area (Å²) in [7, 11) is 0. The molecule has 0 spiro atoms. The number of hydrogen-bond acceptors (Lipinski definition) is 2. The van der Waals surface area contributed by atoms with Crippen molar-refractivity contribution >= 4 is 39.7 Å². The molecule has 0 amide bonds. The first-order chi connectivity index (χ1) is 28.1. The second kappa shape index (κ2) is 14.8. The van der Waals surface area contributed by atoms with Crippen molar-refractivity contribution in [1.82, 2.24) is 0 Å². The average Bonchev–Trinajstić information content (AvgIpc) is 3.75. The van der Waals surface area contributed by atoms with Gasteiger partial charge in [0.1, 0.15) is 11.3 Å². The SMILES string of the molecule is C=C/C=C(\C=C)c1ccc(N(c2ccc(-c3cccc4c(C)c(/C=C\C)oc34)cc2)c2ccc3c(c2)-c2ccccc2C3(c2ccccc2)c2ccccc2)cc1. The van der Waals surface area contributed by atoms with E-state index in [0.717, 1.165) is 61.6 Å². The molecule has 8 aromatic rings. The summed E-state index contributed by atoms with van der Waals surface area (Å²) in [6.45, 7) is 12.1. The monoisotopic (exact) mass is 733 g/mol. The van der Waals surface area contributed by atoms with Gasteiger partial charge in [0.25, 0.3) is 0 Å². The Hall–Kier alpha value is -7.16. The summed E-state index contributed by atoms with van der Waals surface area (Å²) in [6, 6.07) is 61.8. The maximum absolute atomic E-state index is 6.44. The van der Waals surface area contributed by atoms with Crippen molar-refractivity contribution in [2.75, 3.05) is 4.90 Å². The molecule has 0 unspecified atom stereocenters. The second-order valence-electron chi connectivity index (χ2n) is 14.5. The van der Waals surface area contributed by atoms with Crippen molar-refractivity contribution in [3.63, 3.8) is 0 Å².